The van der Waals surface area contributed by atoms with Gasteiger partial charge in [0.25, 0.3) is 0 Å². The van der Waals surface area contributed by atoms with Crippen LogP contribution >= 0.6 is 0 Å². The van der Waals surface area contributed by atoms with Gasteiger partial charge in [-0.3, -0.25) is 4.79 Å². The Bertz CT molecular complexity index is 534. The van der Waals surface area contributed by atoms with Crippen molar-refractivity contribution >= 4 is 5.97 Å². The van der Waals surface area contributed by atoms with Crippen molar-refractivity contribution in [2.75, 3.05) is 19.8 Å². The lowest BCUT2D eigenvalue weighted by molar-refractivity contribution is -0.254. The molecule has 1 heterocycles. The van der Waals surface area contributed by atoms with Crippen molar-refractivity contribution in [1.29, 1.82) is 0 Å². The lowest BCUT2D eigenvalue weighted by Gasteiger charge is -2.61. The summed E-state index contributed by atoms with van der Waals surface area (Å²) >= 11 is 0. The zero-order valence-corrected chi connectivity index (χ0v) is 16.4. The molecule has 2 unspecified atom stereocenters. The largest absolute Gasteiger partial charge is 0.459 e. The Balaban J connectivity index is 1.49. The Labute approximate surface area is 152 Å². The lowest BCUT2D eigenvalue weighted by atomic mass is 9.52. The molecule has 0 spiro atoms. The lowest BCUT2D eigenvalue weighted by Crippen LogP contribution is -2.62. The second-order valence-electron chi connectivity index (χ2n) is 10.5. The van der Waals surface area contributed by atoms with E-state index in [1.54, 1.807) is 0 Å². The SMILES string of the molecule is CCC(C)(C)C(=O)OC12CC3CC(CC(OCC4(C)COC4)(C3)C1)C2. The van der Waals surface area contributed by atoms with Gasteiger partial charge in [-0.2, -0.15) is 0 Å². The molecular formula is C21H34O4. The molecule has 1 aliphatic heterocycles. The first kappa shape index (κ1) is 17.8. The van der Waals surface area contributed by atoms with Gasteiger partial charge in [0.15, 0.2) is 0 Å². The highest BCUT2D eigenvalue weighted by Crippen LogP contribution is 2.60. The number of carbonyl (C=O) groups is 1. The predicted octanol–water partition coefficient (Wildman–Crippen LogP) is 4.11. The van der Waals surface area contributed by atoms with Crippen molar-refractivity contribution < 1.29 is 19.0 Å². The van der Waals surface area contributed by atoms with Gasteiger partial charge in [0.1, 0.15) is 5.60 Å². The zero-order chi connectivity index (χ0) is 17.9. The first-order chi connectivity index (χ1) is 11.7. The molecule has 2 atom stereocenters. The van der Waals surface area contributed by atoms with E-state index in [1.165, 1.54) is 6.42 Å². The molecule has 0 aromatic rings. The Morgan fingerprint density at radius 1 is 1.12 bits per heavy atom. The number of esters is 1. The maximum atomic E-state index is 12.8. The third-order valence-electron chi connectivity index (χ3n) is 7.33. The summed E-state index contributed by atoms with van der Waals surface area (Å²) in [4.78, 5) is 12.8. The molecule has 0 N–H and O–H groups in total. The molecule has 0 aromatic heterocycles. The van der Waals surface area contributed by atoms with Crippen LogP contribution < -0.4 is 0 Å². The monoisotopic (exact) mass is 350 g/mol. The van der Waals surface area contributed by atoms with Gasteiger partial charge in [-0.15, -0.1) is 0 Å². The quantitative estimate of drug-likeness (QED) is 0.676. The zero-order valence-electron chi connectivity index (χ0n) is 16.4. The number of hydrogen-bond donors (Lipinski definition) is 0. The van der Waals surface area contributed by atoms with Gasteiger partial charge in [-0.25, -0.2) is 0 Å². The predicted molar refractivity (Wildman–Crippen MR) is 95.2 cm³/mol. The van der Waals surface area contributed by atoms with E-state index in [1.807, 2.05) is 13.8 Å². The van der Waals surface area contributed by atoms with Gasteiger partial charge in [-0.05, 0) is 64.2 Å². The maximum absolute atomic E-state index is 12.8. The van der Waals surface area contributed by atoms with Gasteiger partial charge in [0.2, 0.25) is 0 Å². The fraction of sp³-hybridized carbons (Fsp3) is 0.952. The average molecular weight is 350 g/mol. The van der Waals surface area contributed by atoms with Crippen LogP contribution in [0.4, 0.5) is 0 Å². The molecule has 0 aromatic carbocycles. The molecule has 4 aliphatic carbocycles. The Kier molecular flexibility index (Phi) is 4.05. The third kappa shape index (κ3) is 3.14. The van der Waals surface area contributed by atoms with E-state index in [0.717, 1.165) is 58.3 Å². The summed E-state index contributed by atoms with van der Waals surface area (Å²) in [7, 11) is 0. The molecule has 4 saturated carbocycles. The van der Waals surface area contributed by atoms with Crippen LogP contribution in [0.1, 0.15) is 72.6 Å². The van der Waals surface area contributed by atoms with Crippen molar-refractivity contribution in [1.82, 2.24) is 0 Å². The summed E-state index contributed by atoms with van der Waals surface area (Å²) in [5, 5.41) is 0. The van der Waals surface area contributed by atoms with Crippen LogP contribution in [0.5, 0.6) is 0 Å². The molecule has 142 valence electrons. The highest BCUT2D eigenvalue weighted by atomic mass is 16.6. The first-order valence-corrected chi connectivity index (χ1v) is 10.1. The standard InChI is InChI=1S/C21H34O4/c1-5-18(2,3)17(22)25-21-9-15-6-16(10-21)8-20(7-15,11-21)24-14-19(4)12-23-13-19/h15-16H,5-14H2,1-4H3. The van der Waals surface area contributed by atoms with Gasteiger partial charge < -0.3 is 14.2 Å². The molecule has 0 radical (unpaired) electrons. The molecule has 5 fully saturated rings. The van der Waals surface area contributed by atoms with Crippen LogP contribution in [0.15, 0.2) is 0 Å². The van der Waals surface area contributed by atoms with E-state index in [9.17, 15) is 4.79 Å². The third-order valence-corrected chi connectivity index (χ3v) is 7.33. The van der Waals surface area contributed by atoms with Gasteiger partial charge in [-0.1, -0.05) is 13.8 Å². The highest BCUT2D eigenvalue weighted by molar-refractivity contribution is 5.76. The van der Waals surface area contributed by atoms with E-state index < -0.39 is 5.41 Å². The first-order valence-electron chi connectivity index (χ1n) is 10.1. The Morgan fingerprint density at radius 3 is 2.24 bits per heavy atom. The molecule has 5 aliphatic rings. The van der Waals surface area contributed by atoms with E-state index in [4.69, 9.17) is 14.2 Å². The second kappa shape index (κ2) is 5.69. The van der Waals surface area contributed by atoms with Crippen molar-refractivity contribution in [2.24, 2.45) is 22.7 Å². The van der Waals surface area contributed by atoms with Crippen LogP contribution in [0.2, 0.25) is 0 Å². The topological polar surface area (TPSA) is 44.8 Å². The van der Waals surface area contributed by atoms with Gasteiger partial charge >= 0.3 is 5.97 Å². The highest BCUT2D eigenvalue weighted by Gasteiger charge is 2.61. The molecule has 4 nitrogen and oxygen atoms in total. The number of rotatable bonds is 6. The number of carbonyl (C=O) groups excluding carboxylic acids is 1. The van der Waals surface area contributed by atoms with E-state index >= 15 is 0 Å². The summed E-state index contributed by atoms with van der Waals surface area (Å²) in [6.45, 7) is 10.7. The molecule has 4 bridgehead atoms. The van der Waals surface area contributed by atoms with Crippen LogP contribution in [-0.2, 0) is 19.0 Å². The minimum absolute atomic E-state index is 0.0218. The normalized spacial score (nSPS) is 41.4. The smallest absolute Gasteiger partial charge is 0.312 e. The molecule has 5 rings (SSSR count). The minimum atomic E-state index is -0.395. The maximum Gasteiger partial charge on any atom is 0.312 e. The number of ether oxygens (including phenoxy) is 3. The fourth-order valence-corrected chi connectivity index (χ4v) is 5.72. The minimum Gasteiger partial charge on any atom is -0.459 e. The Hall–Kier alpha value is -0.610. The summed E-state index contributed by atoms with van der Waals surface area (Å²) in [6.07, 6.45) is 7.39. The van der Waals surface area contributed by atoms with Crippen LogP contribution in [-0.4, -0.2) is 37.0 Å². The van der Waals surface area contributed by atoms with E-state index in [2.05, 4.69) is 13.8 Å². The van der Waals surface area contributed by atoms with Crippen LogP contribution in [0, 0.1) is 22.7 Å². The van der Waals surface area contributed by atoms with E-state index in [0.29, 0.717) is 11.8 Å². The summed E-state index contributed by atoms with van der Waals surface area (Å²) in [5.74, 6) is 1.29. The molecule has 4 heteroatoms. The molecule has 25 heavy (non-hydrogen) atoms. The molecule has 1 saturated heterocycles. The number of hydrogen-bond acceptors (Lipinski definition) is 4. The van der Waals surface area contributed by atoms with Crippen LogP contribution in [0.25, 0.3) is 0 Å². The second-order valence-corrected chi connectivity index (χ2v) is 10.5. The fourth-order valence-electron chi connectivity index (χ4n) is 5.72. The van der Waals surface area contributed by atoms with Gasteiger partial charge in [0, 0.05) is 11.8 Å². The van der Waals surface area contributed by atoms with E-state index in [-0.39, 0.29) is 22.6 Å². The van der Waals surface area contributed by atoms with Crippen molar-refractivity contribution in [3.63, 3.8) is 0 Å². The van der Waals surface area contributed by atoms with Gasteiger partial charge in [0.05, 0.1) is 30.8 Å². The van der Waals surface area contributed by atoms with Crippen molar-refractivity contribution in [3.05, 3.63) is 0 Å². The molecular weight excluding hydrogens is 316 g/mol. The van der Waals surface area contributed by atoms with Crippen molar-refractivity contribution in [3.8, 4) is 0 Å². The Morgan fingerprint density at radius 2 is 1.72 bits per heavy atom. The van der Waals surface area contributed by atoms with Crippen LogP contribution in [0.3, 0.4) is 0 Å². The summed E-state index contributed by atoms with van der Waals surface area (Å²) < 4.78 is 18.2. The molecule has 0 amide bonds. The average Bonchev–Trinajstić information content (AvgIpc) is 2.49. The van der Waals surface area contributed by atoms with Crippen molar-refractivity contribution in [2.45, 2.75) is 83.8 Å². The summed E-state index contributed by atoms with van der Waals surface area (Å²) in [5.41, 5.74) is -0.560. The summed E-state index contributed by atoms with van der Waals surface area (Å²) in [6, 6.07) is 0.